The molecular formula is C7H10S. The molecule has 1 atom stereocenters. The minimum absolute atomic E-state index is 0.920. The van der Waals surface area contributed by atoms with E-state index in [9.17, 15) is 0 Å². The quantitative estimate of drug-likeness (QED) is 0.520. The maximum atomic E-state index is 2.34. The monoisotopic (exact) mass is 126 g/mol. The van der Waals surface area contributed by atoms with Crippen molar-refractivity contribution < 1.29 is 0 Å². The van der Waals surface area contributed by atoms with E-state index in [1.54, 1.807) is 0 Å². The van der Waals surface area contributed by atoms with Gasteiger partial charge in [-0.15, -0.1) is 11.8 Å². The third kappa shape index (κ3) is 0.609. The van der Waals surface area contributed by atoms with Crippen LogP contribution in [0.15, 0.2) is 11.5 Å². The highest BCUT2D eigenvalue weighted by Gasteiger charge is 2.27. The topological polar surface area (TPSA) is 0 Å². The van der Waals surface area contributed by atoms with E-state index >= 15 is 0 Å². The van der Waals surface area contributed by atoms with Crippen LogP contribution < -0.4 is 0 Å². The SMILES string of the molecule is C1=CC(C2CCC2)S1. The summed E-state index contributed by atoms with van der Waals surface area (Å²) in [6.07, 6.45) is 6.80. The Morgan fingerprint density at radius 3 is 2.25 bits per heavy atom. The van der Waals surface area contributed by atoms with Crippen LogP contribution in [0.4, 0.5) is 0 Å². The molecule has 0 N–H and O–H groups in total. The molecule has 1 aliphatic heterocycles. The van der Waals surface area contributed by atoms with Gasteiger partial charge < -0.3 is 0 Å². The molecule has 0 aromatic heterocycles. The zero-order chi connectivity index (χ0) is 5.40. The molecule has 2 rings (SSSR count). The molecule has 8 heavy (non-hydrogen) atoms. The van der Waals surface area contributed by atoms with Crippen molar-refractivity contribution in [3.05, 3.63) is 11.5 Å². The molecule has 2 aliphatic rings. The Balaban J connectivity index is 1.88. The zero-order valence-electron chi connectivity index (χ0n) is 4.84. The smallest absolute Gasteiger partial charge is 0.0304 e. The summed E-state index contributed by atoms with van der Waals surface area (Å²) in [6.45, 7) is 0. The molecule has 0 radical (unpaired) electrons. The van der Waals surface area contributed by atoms with Crippen LogP contribution in [0.3, 0.4) is 0 Å². The lowest BCUT2D eigenvalue weighted by atomic mass is 9.82. The molecule has 1 heteroatoms. The molecule has 0 saturated heterocycles. The van der Waals surface area contributed by atoms with Crippen molar-refractivity contribution in [2.45, 2.75) is 24.5 Å². The van der Waals surface area contributed by atoms with E-state index in [4.69, 9.17) is 0 Å². The van der Waals surface area contributed by atoms with Gasteiger partial charge in [-0.3, -0.25) is 0 Å². The number of thioether (sulfide) groups is 1. The molecular weight excluding hydrogens is 116 g/mol. The van der Waals surface area contributed by atoms with Crippen LogP contribution in [0.1, 0.15) is 19.3 Å². The van der Waals surface area contributed by atoms with Gasteiger partial charge in [-0.1, -0.05) is 12.5 Å². The van der Waals surface area contributed by atoms with Crippen molar-refractivity contribution in [1.82, 2.24) is 0 Å². The first kappa shape index (κ1) is 4.92. The molecule has 0 aromatic rings. The first-order chi connectivity index (χ1) is 3.97. The maximum Gasteiger partial charge on any atom is 0.0304 e. The fourth-order valence-corrected chi connectivity index (χ4v) is 2.04. The van der Waals surface area contributed by atoms with E-state index in [1.807, 2.05) is 11.8 Å². The summed E-state index contributed by atoms with van der Waals surface area (Å²) in [6, 6.07) is 0. The van der Waals surface area contributed by atoms with Crippen molar-refractivity contribution in [2.24, 2.45) is 5.92 Å². The van der Waals surface area contributed by atoms with Gasteiger partial charge in [0.15, 0.2) is 0 Å². The molecule has 0 aromatic carbocycles. The number of hydrogen-bond donors (Lipinski definition) is 0. The summed E-state index contributed by atoms with van der Waals surface area (Å²) in [4.78, 5) is 0. The van der Waals surface area contributed by atoms with E-state index in [1.165, 1.54) is 19.3 Å². The largest absolute Gasteiger partial charge is 0.127 e. The lowest BCUT2D eigenvalue weighted by Gasteiger charge is -2.34. The number of rotatable bonds is 1. The Bertz CT molecular complexity index is 114. The fraction of sp³-hybridized carbons (Fsp3) is 0.714. The molecule has 1 saturated carbocycles. The first-order valence-electron chi connectivity index (χ1n) is 3.29. The zero-order valence-corrected chi connectivity index (χ0v) is 5.66. The second-order valence-corrected chi connectivity index (χ2v) is 3.71. The van der Waals surface area contributed by atoms with Crippen LogP contribution in [-0.2, 0) is 0 Å². The Hall–Kier alpha value is 0.0900. The van der Waals surface area contributed by atoms with Crippen LogP contribution in [-0.4, -0.2) is 5.25 Å². The second-order valence-electron chi connectivity index (χ2n) is 2.62. The Morgan fingerprint density at radius 1 is 1.38 bits per heavy atom. The number of hydrogen-bond acceptors (Lipinski definition) is 1. The molecule has 1 unspecified atom stereocenters. The molecule has 0 nitrogen and oxygen atoms in total. The van der Waals surface area contributed by atoms with Gasteiger partial charge in [0.25, 0.3) is 0 Å². The van der Waals surface area contributed by atoms with Gasteiger partial charge >= 0.3 is 0 Å². The summed E-state index contributed by atoms with van der Waals surface area (Å²) in [5, 5.41) is 3.13. The average molecular weight is 126 g/mol. The predicted octanol–water partition coefficient (Wildman–Crippen LogP) is 2.42. The summed E-state index contributed by atoms with van der Waals surface area (Å²) < 4.78 is 0. The van der Waals surface area contributed by atoms with Gasteiger partial charge in [-0.05, 0) is 24.2 Å². The average Bonchev–Trinajstić information content (AvgIpc) is 1.47. The minimum atomic E-state index is 0.920. The van der Waals surface area contributed by atoms with Crippen molar-refractivity contribution in [3.63, 3.8) is 0 Å². The third-order valence-electron chi connectivity index (χ3n) is 2.12. The molecule has 1 heterocycles. The maximum absolute atomic E-state index is 2.34. The highest BCUT2D eigenvalue weighted by molar-refractivity contribution is 8.04. The van der Waals surface area contributed by atoms with Crippen molar-refractivity contribution in [3.8, 4) is 0 Å². The van der Waals surface area contributed by atoms with Gasteiger partial charge in [-0.25, -0.2) is 0 Å². The highest BCUT2D eigenvalue weighted by Crippen LogP contribution is 2.41. The van der Waals surface area contributed by atoms with E-state index in [0.717, 1.165) is 11.2 Å². The first-order valence-corrected chi connectivity index (χ1v) is 4.23. The van der Waals surface area contributed by atoms with Gasteiger partial charge in [0.2, 0.25) is 0 Å². The van der Waals surface area contributed by atoms with E-state index in [-0.39, 0.29) is 0 Å². The van der Waals surface area contributed by atoms with E-state index < -0.39 is 0 Å². The lowest BCUT2D eigenvalue weighted by Crippen LogP contribution is -2.24. The standard InChI is InChI=1S/C7H10S/c1-2-6(3-1)7-4-5-8-7/h4-7H,1-3H2. The lowest BCUT2D eigenvalue weighted by molar-refractivity contribution is 0.325. The molecule has 0 amide bonds. The second kappa shape index (κ2) is 1.80. The summed E-state index contributed by atoms with van der Waals surface area (Å²) >= 11 is 2.01. The van der Waals surface area contributed by atoms with Gasteiger partial charge in [0.1, 0.15) is 0 Å². The van der Waals surface area contributed by atoms with Gasteiger partial charge in [-0.2, -0.15) is 0 Å². The highest BCUT2D eigenvalue weighted by atomic mass is 32.2. The summed E-state index contributed by atoms with van der Waals surface area (Å²) in [7, 11) is 0. The normalized spacial score (nSPS) is 36.2. The van der Waals surface area contributed by atoms with E-state index in [0.29, 0.717) is 0 Å². The molecule has 44 valence electrons. The van der Waals surface area contributed by atoms with Crippen molar-refractivity contribution in [2.75, 3.05) is 0 Å². The Kier molecular flexibility index (Phi) is 1.11. The molecule has 0 spiro atoms. The van der Waals surface area contributed by atoms with Crippen LogP contribution >= 0.6 is 11.8 Å². The predicted molar refractivity (Wildman–Crippen MR) is 37.9 cm³/mol. The van der Waals surface area contributed by atoms with Gasteiger partial charge in [0.05, 0.1) is 0 Å². The summed E-state index contributed by atoms with van der Waals surface area (Å²) in [5.41, 5.74) is 0. The molecule has 0 bridgehead atoms. The van der Waals surface area contributed by atoms with Crippen LogP contribution in [0.25, 0.3) is 0 Å². The van der Waals surface area contributed by atoms with Gasteiger partial charge in [0, 0.05) is 5.25 Å². The Morgan fingerprint density at radius 2 is 2.12 bits per heavy atom. The van der Waals surface area contributed by atoms with Crippen LogP contribution in [0.2, 0.25) is 0 Å². The molecule has 1 aliphatic carbocycles. The minimum Gasteiger partial charge on any atom is -0.127 e. The van der Waals surface area contributed by atoms with Crippen LogP contribution in [0.5, 0.6) is 0 Å². The van der Waals surface area contributed by atoms with Crippen molar-refractivity contribution >= 4 is 11.8 Å². The molecule has 1 fully saturated rings. The third-order valence-corrected chi connectivity index (χ3v) is 3.29. The van der Waals surface area contributed by atoms with Crippen molar-refractivity contribution in [1.29, 1.82) is 0 Å². The van der Waals surface area contributed by atoms with E-state index in [2.05, 4.69) is 11.5 Å². The van der Waals surface area contributed by atoms with Crippen LogP contribution in [0, 0.1) is 5.92 Å². The summed E-state index contributed by atoms with van der Waals surface area (Å²) in [5.74, 6) is 1.06. The Labute approximate surface area is 54.4 Å². The fourth-order valence-electron chi connectivity index (χ4n) is 1.21.